The van der Waals surface area contributed by atoms with Crippen molar-refractivity contribution in [2.24, 2.45) is 5.73 Å². The van der Waals surface area contributed by atoms with Crippen LogP contribution in [0.15, 0.2) is 18.5 Å². The number of aromatic nitrogens is 1. The smallest absolute Gasteiger partial charge is 0.141 e. The largest absolute Gasteiger partial charge is 0.387 e. The molecule has 66 valence electrons. The molecule has 4 heteroatoms. The van der Waals surface area contributed by atoms with Crippen LogP contribution >= 0.6 is 0 Å². The van der Waals surface area contributed by atoms with Crippen LogP contribution in [0.2, 0.25) is 0 Å². The van der Waals surface area contributed by atoms with E-state index >= 15 is 0 Å². The Morgan fingerprint density at radius 2 is 2.25 bits per heavy atom. The third-order valence-corrected chi connectivity index (χ3v) is 1.57. The van der Waals surface area contributed by atoms with E-state index in [9.17, 15) is 9.50 Å². The average molecular weight is 170 g/mol. The molecular weight excluding hydrogens is 159 g/mol. The lowest BCUT2D eigenvalue weighted by molar-refractivity contribution is 0.152. The standard InChI is InChI=1S/C8H11FN2O/c1-5(10)8(12)6-2-7(9)4-11-3-6/h2-5,8,12H,10H2,1H3/t5-,8-/m0/s1. The second-order valence-corrected chi connectivity index (χ2v) is 2.74. The topological polar surface area (TPSA) is 59.1 Å². The lowest BCUT2D eigenvalue weighted by Gasteiger charge is -2.13. The van der Waals surface area contributed by atoms with Crippen molar-refractivity contribution in [1.29, 1.82) is 0 Å². The molecule has 1 heterocycles. The Bertz CT molecular complexity index is 265. The van der Waals surface area contributed by atoms with Crippen LogP contribution in [-0.4, -0.2) is 16.1 Å². The Labute approximate surface area is 70.0 Å². The lowest BCUT2D eigenvalue weighted by atomic mass is 10.1. The quantitative estimate of drug-likeness (QED) is 0.683. The minimum atomic E-state index is -0.854. The molecule has 0 bridgehead atoms. The number of hydrogen-bond donors (Lipinski definition) is 2. The first-order chi connectivity index (χ1) is 5.61. The van der Waals surface area contributed by atoms with Gasteiger partial charge >= 0.3 is 0 Å². The Hall–Kier alpha value is -1.00. The second kappa shape index (κ2) is 3.60. The zero-order valence-electron chi connectivity index (χ0n) is 6.74. The van der Waals surface area contributed by atoms with Crippen LogP contribution < -0.4 is 5.73 Å². The summed E-state index contributed by atoms with van der Waals surface area (Å²) in [6, 6.07) is 0.801. The van der Waals surface area contributed by atoms with E-state index in [1.54, 1.807) is 6.92 Å². The van der Waals surface area contributed by atoms with Gasteiger partial charge in [-0.15, -0.1) is 0 Å². The third kappa shape index (κ3) is 1.99. The van der Waals surface area contributed by atoms with Gasteiger partial charge in [0, 0.05) is 17.8 Å². The number of aliphatic hydroxyl groups is 1. The Kier molecular flexibility index (Phi) is 2.73. The molecule has 0 spiro atoms. The Morgan fingerprint density at radius 3 is 2.75 bits per heavy atom. The van der Waals surface area contributed by atoms with Crippen LogP contribution in [0, 0.1) is 5.82 Å². The summed E-state index contributed by atoms with van der Waals surface area (Å²) in [7, 11) is 0. The van der Waals surface area contributed by atoms with Gasteiger partial charge in [0.1, 0.15) is 5.82 Å². The van der Waals surface area contributed by atoms with Crippen molar-refractivity contribution >= 4 is 0 Å². The summed E-state index contributed by atoms with van der Waals surface area (Å²) in [6.45, 7) is 1.65. The van der Waals surface area contributed by atoms with Gasteiger partial charge in [-0.25, -0.2) is 4.39 Å². The molecule has 1 aromatic heterocycles. The monoisotopic (exact) mass is 170 g/mol. The van der Waals surface area contributed by atoms with Gasteiger partial charge in [0.25, 0.3) is 0 Å². The molecule has 0 fully saturated rings. The molecule has 0 saturated carbocycles. The summed E-state index contributed by atoms with van der Waals surface area (Å²) in [5.41, 5.74) is 5.83. The van der Waals surface area contributed by atoms with Gasteiger partial charge in [0.15, 0.2) is 0 Å². The van der Waals surface area contributed by atoms with Gasteiger partial charge in [-0.3, -0.25) is 4.98 Å². The number of pyridine rings is 1. The fourth-order valence-corrected chi connectivity index (χ4v) is 0.894. The molecule has 0 saturated heterocycles. The van der Waals surface area contributed by atoms with Crippen LogP contribution in [0.25, 0.3) is 0 Å². The predicted molar refractivity (Wildman–Crippen MR) is 42.8 cm³/mol. The van der Waals surface area contributed by atoms with Gasteiger partial charge in [-0.2, -0.15) is 0 Å². The fraction of sp³-hybridized carbons (Fsp3) is 0.375. The van der Waals surface area contributed by atoms with Crippen LogP contribution in [0.1, 0.15) is 18.6 Å². The average Bonchev–Trinajstić information content (AvgIpc) is 2.03. The maximum Gasteiger partial charge on any atom is 0.141 e. The molecule has 0 aliphatic heterocycles. The molecule has 0 aromatic carbocycles. The summed E-state index contributed by atoms with van der Waals surface area (Å²) in [6.07, 6.45) is 1.63. The summed E-state index contributed by atoms with van der Waals surface area (Å²) < 4.78 is 12.6. The van der Waals surface area contributed by atoms with E-state index in [2.05, 4.69) is 4.98 Å². The van der Waals surface area contributed by atoms with Crippen molar-refractivity contribution < 1.29 is 9.50 Å². The van der Waals surface area contributed by atoms with E-state index < -0.39 is 18.0 Å². The van der Waals surface area contributed by atoms with E-state index in [-0.39, 0.29) is 0 Å². The molecule has 0 aliphatic rings. The van der Waals surface area contributed by atoms with E-state index in [0.717, 1.165) is 6.20 Å². The van der Waals surface area contributed by atoms with E-state index in [0.29, 0.717) is 5.56 Å². The van der Waals surface area contributed by atoms with Gasteiger partial charge in [0.2, 0.25) is 0 Å². The Morgan fingerprint density at radius 1 is 1.58 bits per heavy atom. The van der Waals surface area contributed by atoms with Crippen molar-refractivity contribution in [2.45, 2.75) is 19.1 Å². The van der Waals surface area contributed by atoms with Gasteiger partial charge in [-0.1, -0.05) is 0 Å². The zero-order chi connectivity index (χ0) is 9.14. The first-order valence-electron chi connectivity index (χ1n) is 3.65. The second-order valence-electron chi connectivity index (χ2n) is 2.74. The molecule has 0 amide bonds. The molecule has 3 N–H and O–H groups in total. The molecule has 0 aliphatic carbocycles. The third-order valence-electron chi connectivity index (χ3n) is 1.57. The number of hydrogen-bond acceptors (Lipinski definition) is 3. The van der Waals surface area contributed by atoms with Gasteiger partial charge in [-0.05, 0) is 13.0 Å². The van der Waals surface area contributed by atoms with Crippen LogP contribution in [-0.2, 0) is 0 Å². The van der Waals surface area contributed by atoms with Crippen molar-refractivity contribution in [3.8, 4) is 0 Å². The van der Waals surface area contributed by atoms with Crippen LogP contribution in [0.4, 0.5) is 4.39 Å². The summed E-state index contributed by atoms with van der Waals surface area (Å²) in [5, 5.41) is 9.39. The highest BCUT2D eigenvalue weighted by molar-refractivity contribution is 5.14. The Balaban J connectivity index is 2.88. The van der Waals surface area contributed by atoms with E-state index in [1.807, 2.05) is 0 Å². The highest BCUT2D eigenvalue weighted by atomic mass is 19.1. The van der Waals surface area contributed by atoms with Gasteiger partial charge < -0.3 is 10.8 Å². The summed E-state index contributed by atoms with van der Waals surface area (Å²) in [4.78, 5) is 3.60. The van der Waals surface area contributed by atoms with Crippen molar-refractivity contribution in [1.82, 2.24) is 4.98 Å². The summed E-state index contributed by atoms with van der Waals surface area (Å²) in [5.74, 6) is -0.466. The molecule has 3 nitrogen and oxygen atoms in total. The normalized spacial score (nSPS) is 15.7. The number of nitrogens with two attached hydrogens (primary N) is 1. The minimum absolute atomic E-state index is 0.407. The summed E-state index contributed by atoms with van der Waals surface area (Å²) >= 11 is 0. The molecule has 1 aromatic rings. The SMILES string of the molecule is C[C@H](N)[C@H](O)c1cncc(F)c1. The number of halogens is 1. The van der Waals surface area contributed by atoms with Crippen LogP contribution in [0.3, 0.4) is 0 Å². The molecule has 2 atom stereocenters. The highest BCUT2D eigenvalue weighted by Crippen LogP contribution is 2.14. The molecule has 0 unspecified atom stereocenters. The minimum Gasteiger partial charge on any atom is -0.387 e. The maximum atomic E-state index is 12.6. The van der Waals surface area contributed by atoms with Crippen molar-refractivity contribution in [2.75, 3.05) is 0 Å². The maximum absolute atomic E-state index is 12.6. The highest BCUT2D eigenvalue weighted by Gasteiger charge is 2.12. The van der Waals surface area contributed by atoms with Crippen molar-refractivity contribution in [3.63, 3.8) is 0 Å². The fourth-order valence-electron chi connectivity index (χ4n) is 0.894. The molecule has 12 heavy (non-hydrogen) atoms. The van der Waals surface area contributed by atoms with Gasteiger partial charge in [0.05, 0.1) is 12.3 Å². The molecule has 1 rings (SSSR count). The molecular formula is C8H11FN2O. The predicted octanol–water partition coefficient (Wildman–Crippen LogP) is 0.601. The molecule has 0 radical (unpaired) electrons. The lowest BCUT2D eigenvalue weighted by Crippen LogP contribution is -2.24. The van der Waals surface area contributed by atoms with E-state index in [1.165, 1.54) is 12.3 Å². The number of aliphatic hydroxyl groups excluding tert-OH is 1. The number of nitrogens with zero attached hydrogens (tertiary/aromatic N) is 1. The number of rotatable bonds is 2. The van der Waals surface area contributed by atoms with Crippen LogP contribution in [0.5, 0.6) is 0 Å². The first kappa shape index (κ1) is 9.09. The first-order valence-corrected chi connectivity index (χ1v) is 3.65. The van der Waals surface area contributed by atoms with E-state index in [4.69, 9.17) is 5.73 Å². The van der Waals surface area contributed by atoms with Crippen molar-refractivity contribution in [3.05, 3.63) is 29.8 Å². The zero-order valence-corrected chi connectivity index (χ0v) is 6.74.